The molecule has 0 bridgehead atoms. The van der Waals surface area contributed by atoms with Crippen molar-refractivity contribution in [3.05, 3.63) is 0 Å². The molecule has 0 saturated carbocycles. The summed E-state index contributed by atoms with van der Waals surface area (Å²) in [6.07, 6.45) is 1.88. The van der Waals surface area contributed by atoms with E-state index in [4.69, 9.17) is 10.8 Å². The molecule has 0 aromatic heterocycles. The van der Waals surface area contributed by atoms with Gasteiger partial charge in [0, 0.05) is 12.5 Å². The lowest BCUT2D eigenvalue weighted by molar-refractivity contribution is -0.122. The maximum Gasteiger partial charge on any atom is 0.220 e. The van der Waals surface area contributed by atoms with E-state index in [9.17, 15) is 4.79 Å². The molecule has 2 atom stereocenters. The van der Waals surface area contributed by atoms with Gasteiger partial charge in [0.1, 0.15) is 0 Å². The first-order valence-electron chi connectivity index (χ1n) is 4.76. The molecule has 78 valence electrons. The zero-order chi connectivity index (χ0) is 10.3. The van der Waals surface area contributed by atoms with Crippen LogP contribution in [0.3, 0.4) is 0 Å². The standard InChI is InChI=1S/C9H20N2O2/c1-3-8(6-12)11-9(13)5-4-7(2)10/h7-8,12H,3-6,10H2,1-2H3,(H,11,13). The summed E-state index contributed by atoms with van der Waals surface area (Å²) in [6.45, 7) is 3.80. The van der Waals surface area contributed by atoms with E-state index in [-0.39, 0.29) is 24.6 Å². The molecule has 1 amide bonds. The van der Waals surface area contributed by atoms with Crippen LogP contribution in [-0.4, -0.2) is 29.7 Å². The van der Waals surface area contributed by atoms with Gasteiger partial charge in [0.2, 0.25) is 5.91 Å². The Balaban J connectivity index is 3.60. The van der Waals surface area contributed by atoms with Crippen molar-refractivity contribution in [1.82, 2.24) is 5.32 Å². The quantitative estimate of drug-likeness (QED) is 0.549. The van der Waals surface area contributed by atoms with E-state index >= 15 is 0 Å². The number of aliphatic hydroxyl groups excluding tert-OH is 1. The molecule has 4 N–H and O–H groups in total. The second-order valence-corrected chi connectivity index (χ2v) is 3.37. The van der Waals surface area contributed by atoms with Crippen LogP contribution in [0.25, 0.3) is 0 Å². The molecule has 0 aliphatic carbocycles. The van der Waals surface area contributed by atoms with Gasteiger partial charge < -0.3 is 16.2 Å². The van der Waals surface area contributed by atoms with E-state index in [0.717, 1.165) is 6.42 Å². The van der Waals surface area contributed by atoms with E-state index in [1.807, 2.05) is 13.8 Å². The minimum Gasteiger partial charge on any atom is -0.394 e. The van der Waals surface area contributed by atoms with Crippen molar-refractivity contribution < 1.29 is 9.90 Å². The van der Waals surface area contributed by atoms with Crippen molar-refractivity contribution in [2.45, 2.75) is 45.2 Å². The molecule has 0 aliphatic rings. The van der Waals surface area contributed by atoms with Gasteiger partial charge in [-0.15, -0.1) is 0 Å². The fraction of sp³-hybridized carbons (Fsp3) is 0.889. The van der Waals surface area contributed by atoms with Crippen molar-refractivity contribution in [3.63, 3.8) is 0 Å². The molecule has 0 fully saturated rings. The highest BCUT2D eigenvalue weighted by Crippen LogP contribution is 1.95. The van der Waals surface area contributed by atoms with Crippen LogP contribution in [-0.2, 0) is 4.79 Å². The molecule has 0 heterocycles. The van der Waals surface area contributed by atoms with E-state index in [2.05, 4.69) is 5.32 Å². The van der Waals surface area contributed by atoms with Gasteiger partial charge in [-0.2, -0.15) is 0 Å². The van der Waals surface area contributed by atoms with Gasteiger partial charge in [-0.3, -0.25) is 4.79 Å². The highest BCUT2D eigenvalue weighted by Gasteiger charge is 2.09. The average molecular weight is 188 g/mol. The predicted octanol–water partition coefficient (Wildman–Crippen LogP) is 0.000900. The number of aliphatic hydroxyl groups is 1. The van der Waals surface area contributed by atoms with Crippen LogP contribution in [0.1, 0.15) is 33.1 Å². The van der Waals surface area contributed by atoms with Crippen molar-refractivity contribution in [2.75, 3.05) is 6.61 Å². The van der Waals surface area contributed by atoms with Crippen LogP contribution in [0.4, 0.5) is 0 Å². The van der Waals surface area contributed by atoms with Crippen LogP contribution in [0.5, 0.6) is 0 Å². The molecular formula is C9H20N2O2. The smallest absolute Gasteiger partial charge is 0.220 e. The predicted molar refractivity (Wildman–Crippen MR) is 52.2 cm³/mol. The fourth-order valence-electron chi connectivity index (χ4n) is 0.935. The number of carbonyl (C=O) groups is 1. The van der Waals surface area contributed by atoms with Crippen molar-refractivity contribution in [2.24, 2.45) is 5.73 Å². The lowest BCUT2D eigenvalue weighted by atomic mass is 10.1. The van der Waals surface area contributed by atoms with Gasteiger partial charge in [0.05, 0.1) is 12.6 Å². The van der Waals surface area contributed by atoms with Gasteiger partial charge >= 0.3 is 0 Å². The molecule has 4 heteroatoms. The Hall–Kier alpha value is -0.610. The lowest BCUT2D eigenvalue weighted by Crippen LogP contribution is -2.37. The zero-order valence-electron chi connectivity index (χ0n) is 8.42. The molecule has 4 nitrogen and oxygen atoms in total. The highest BCUT2D eigenvalue weighted by atomic mass is 16.3. The third-order valence-electron chi connectivity index (χ3n) is 1.91. The van der Waals surface area contributed by atoms with Crippen molar-refractivity contribution in [3.8, 4) is 0 Å². The molecule has 0 saturated heterocycles. The minimum atomic E-state index is -0.111. The summed E-state index contributed by atoms with van der Waals surface area (Å²) < 4.78 is 0. The summed E-state index contributed by atoms with van der Waals surface area (Å²) in [5.41, 5.74) is 5.51. The number of nitrogens with one attached hydrogen (secondary N) is 1. The second kappa shape index (κ2) is 6.86. The maximum atomic E-state index is 11.2. The van der Waals surface area contributed by atoms with Crippen LogP contribution >= 0.6 is 0 Å². The minimum absolute atomic E-state index is 0.000415. The summed E-state index contributed by atoms with van der Waals surface area (Å²) in [6, 6.07) is -0.0551. The Kier molecular flexibility index (Phi) is 6.54. The van der Waals surface area contributed by atoms with E-state index < -0.39 is 0 Å². The molecule has 0 radical (unpaired) electrons. The molecule has 0 aliphatic heterocycles. The summed E-state index contributed by atoms with van der Waals surface area (Å²) in [5, 5.41) is 11.5. The first kappa shape index (κ1) is 12.4. The number of amides is 1. The normalized spacial score (nSPS) is 15.1. The first-order valence-corrected chi connectivity index (χ1v) is 4.76. The summed E-state index contributed by atoms with van der Waals surface area (Å²) in [7, 11) is 0. The van der Waals surface area contributed by atoms with Crippen LogP contribution in [0.2, 0.25) is 0 Å². The number of hydrogen-bond donors (Lipinski definition) is 3. The van der Waals surface area contributed by atoms with Gasteiger partial charge in [-0.1, -0.05) is 6.92 Å². The Morgan fingerprint density at radius 3 is 2.62 bits per heavy atom. The Morgan fingerprint density at radius 2 is 2.23 bits per heavy atom. The summed E-state index contributed by atoms with van der Waals surface area (Å²) >= 11 is 0. The topological polar surface area (TPSA) is 75.3 Å². The second-order valence-electron chi connectivity index (χ2n) is 3.37. The summed E-state index contributed by atoms with van der Waals surface area (Å²) in [5.74, 6) is -0.0294. The monoisotopic (exact) mass is 188 g/mol. The molecule has 0 aromatic carbocycles. The number of carbonyl (C=O) groups excluding carboxylic acids is 1. The Morgan fingerprint density at radius 1 is 1.62 bits per heavy atom. The van der Waals surface area contributed by atoms with E-state index in [1.165, 1.54) is 0 Å². The van der Waals surface area contributed by atoms with E-state index in [1.54, 1.807) is 0 Å². The SMILES string of the molecule is CCC(CO)NC(=O)CCC(C)N. The molecule has 0 spiro atoms. The molecule has 2 unspecified atom stereocenters. The molecular weight excluding hydrogens is 168 g/mol. The third-order valence-corrected chi connectivity index (χ3v) is 1.91. The van der Waals surface area contributed by atoms with Gasteiger partial charge in [0.25, 0.3) is 0 Å². The third kappa shape index (κ3) is 6.54. The average Bonchev–Trinajstić information content (AvgIpc) is 2.10. The number of rotatable bonds is 6. The van der Waals surface area contributed by atoms with Crippen LogP contribution < -0.4 is 11.1 Å². The van der Waals surface area contributed by atoms with Gasteiger partial charge in [0.15, 0.2) is 0 Å². The number of nitrogens with two attached hydrogens (primary N) is 1. The van der Waals surface area contributed by atoms with Gasteiger partial charge in [-0.05, 0) is 19.8 Å². The Bertz CT molecular complexity index is 145. The van der Waals surface area contributed by atoms with Gasteiger partial charge in [-0.25, -0.2) is 0 Å². The highest BCUT2D eigenvalue weighted by molar-refractivity contribution is 5.76. The van der Waals surface area contributed by atoms with E-state index in [0.29, 0.717) is 12.8 Å². The summed E-state index contributed by atoms with van der Waals surface area (Å²) in [4.78, 5) is 11.2. The zero-order valence-corrected chi connectivity index (χ0v) is 8.42. The molecule has 0 aromatic rings. The van der Waals surface area contributed by atoms with Crippen molar-refractivity contribution >= 4 is 5.91 Å². The van der Waals surface area contributed by atoms with Crippen molar-refractivity contribution in [1.29, 1.82) is 0 Å². The lowest BCUT2D eigenvalue weighted by Gasteiger charge is -2.14. The largest absolute Gasteiger partial charge is 0.394 e. The Labute approximate surface area is 79.5 Å². The molecule has 13 heavy (non-hydrogen) atoms. The fourth-order valence-corrected chi connectivity index (χ4v) is 0.935. The maximum absolute atomic E-state index is 11.2. The molecule has 0 rings (SSSR count). The first-order chi connectivity index (χ1) is 6.10. The number of hydrogen-bond acceptors (Lipinski definition) is 3. The van der Waals surface area contributed by atoms with Crippen LogP contribution in [0, 0.1) is 0 Å². The van der Waals surface area contributed by atoms with Crippen LogP contribution in [0.15, 0.2) is 0 Å².